The van der Waals surface area contributed by atoms with Crippen LogP contribution >= 0.6 is 0 Å². The Morgan fingerprint density at radius 2 is 1.47 bits per heavy atom. The summed E-state index contributed by atoms with van der Waals surface area (Å²) in [6, 6.07) is 25.0. The lowest BCUT2D eigenvalue weighted by Gasteiger charge is -2.12. The molecule has 3 rings (SSSR count). The van der Waals surface area contributed by atoms with E-state index in [-0.39, 0.29) is 5.91 Å². The van der Waals surface area contributed by atoms with Gasteiger partial charge in [0, 0.05) is 12.1 Å². The van der Waals surface area contributed by atoms with Crippen molar-refractivity contribution >= 4 is 11.6 Å². The van der Waals surface area contributed by atoms with Crippen LogP contribution in [0.15, 0.2) is 78.9 Å². The first-order valence-electron chi connectivity index (χ1n) is 11.6. The highest BCUT2D eigenvalue weighted by Gasteiger charge is 2.12. The summed E-state index contributed by atoms with van der Waals surface area (Å²) in [6.07, 6.45) is 6.86. The van der Waals surface area contributed by atoms with Crippen molar-refractivity contribution in [1.82, 2.24) is 0 Å². The highest BCUT2D eigenvalue weighted by atomic mass is 16.5. The lowest BCUT2D eigenvalue weighted by Crippen LogP contribution is -2.14. The van der Waals surface area contributed by atoms with Gasteiger partial charge in [-0.1, -0.05) is 75.1 Å². The second-order valence-corrected chi connectivity index (χ2v) is 7.82. The van der Waals surface area contributed by atoms with E-state index < -0.39 is 0 Å². The van der Waals surface area contributed by atoms with Crippen LogP contribution < -0.4 is 14.8 Å². The zero-order valence-corrected chi connectivity index (χ0v) is 18.9. The van der Waals surface area contributed by atoms with Crippen LogP contribution in [-0.4, -0.2) is 19.1 Å². The first-order chi connectivity index (χ1) is 15.8. The third-order valence-electron chi connectivity index (χ3n) is 5.25. The molecule has 0 radical (unpaired) electrons. The van der Waals surface area contributed by atoms with E-state index in [9.17, 15) is 4.79 Å². The normalized spacial score (nSPS) is 10.5. The average Bonchev–Trinajstić information content (AvgIpc) is 2.83. The molecule has 4 nitrogen and oxygen atoms in total. The molecule has 1 N–H and O–H groups in total. The van der Waals surface area contributed by atoms with Crippen LogP contribution in [0.4, 0.5) is 5.69 Å². The lowest BCUT2D eigenvalue weighted by molar-refractivity contribution is 0.102. The highest BCUT2D eigenvalue weighted by molar-refractivity contribution is 6.06. The van der Waals surface area contributed by atoms with E-state index in [2.05, 4.69) is 24.4 Å². The molecular weight excluding hydrogens is 398 g/mol. The zero-order chi connectivity index (χ0) is 22.4. The van der Waals surface area contributed by atoms with Gasteiger partial charge in [0.2, 0.25) is 0 Å². The number of amides is 1. The van der Waals surface area contributed by atoms with Crippen LogP contribution in [0.1, 0.15) is 54.9 Å². The van der Waals surface area contributed by atoms with Gasteiger partial charge in [-0.2, -0.15) is 0 Å². The fourth-order valence-electron chi connectivity index (χ4n) is 3.43. The van der Waals surface area contributed by atoms with Gasteiger partial charge in [0.1, 0.15) is 11.5 Å². The first-order valence-corrected chi connectivity index (χ1v) is 11.6. The second kappa shape index (κ2) is 13.2. The molecule has 0 saturated carbocycles. The summed E-state index contributed by atoms with van der Waals surface area (Å²) in [7, 11) is 0. The molecule has 1 amide bonds. The monoisotopic (exact) mass is 431 g/mol. The minimum Gasteiger partial charge on any atom is -0.494 e. The summed E-state index contributed by atoms with van der Waals surface area (Å²) < 4.78 is 11.7. The zero-order valence-electron chi connectivity index (χ0n) is 18.9. The number of hydrogen-bond donors (Lipinski definition) is 1. The van der Waals surface area contributed by atoms with E-state index in [1.807, 2.05) is 60.7 Å². The maximum absolute atomic E-state index is 12.8. The number of anilines is 1. The number of unbranched alkanes of at least 4 members (excludes halogenated alkanes) is 4. The van der Waals surface area contributed by atoms with Crippen molar-refractivity contribution in [3.05, 3.63) is 90.0 Å². The predicted molar refractivity (Wildman–Crippen MR) is 131 cm³/mol. The number of hydrogen-bond acceptors (Lipinski definition) is 3. The van der Waals surface area contributed by atoms with Gasteiger partial charge in [0.15, 0.2) is 0 Å². The molecule has 4 heteroatoms. The Kier molecular flexibility index (Phi) is 9.66. The molecular formula is C28H33NO3. The second-order valence-electron chi connectivity index (χ2n) is 7.82. The van der Waals surface area contributed by atoms with E-state index in [4.69, 9.17) is 9.47 Å². The van der Waals surface area contributed by atoms with Crippen LogP contribution in [-0.2, 0) is 6.42 Å². The van der Waals surface area contributed by atoms with Crippen molar-refractivity contribution in [2.45, 2.75) is 45.4 Å². The summed E-state index contributed by atoms with van der Waals surface area (Å²) in [5, 5.41) is 2.95. The molecule has 3 aromatic rings. The minimum absolute atomic E-state index is 0.190. The van der Waals surface area contributed by atoms with Crippen molar-refractivity contribution in [2.75, 3.05) is 18.5 Å². The van der Waals surface area contributed by atoms with Crippen LogP contribution in [0.25, 0.3) is 0 Å². The third-order valence-corrected chi connectivity index (χ3v) is 5.25. The standard InChI is InChI=1S/C28H33NO3/c1-2-3-4-5-11-21-31-25-18-16-24(17-19-25)29-28(30)26-14-9-10-15-27(26)32-22-20-23-12-7-6-8-13-23/h6-10,12-19H,2-5,11,20-22H2,1H3,(H,29,30). The molecule has 0 aliphatic carbocycles. The number of benzene rings is 3. The molecule has 0 bridgehead atoms. The third kappa shape index (κ3) is 7.77. The van der Waals surface area contributed by atoms with Gasteiger partial charge in [-0.25, -0.2) is 0 Å². The topological polar surface area (TPSA) is 47.6 Å². The maximum Gasteiger partial charge on any atom is 0.259 e. The lowest BCUT2D eigenvalue weighted by atomic mass is 10.1. The molecule has 0 heterocycles. The van der Waals surface area contributed by atoms with Gasteiger partial charge >= 0.3 is 0 Å². The van der Waals surface area contributed by atoms with Gasteiger partial charge in [-0.05, 0) is 48.4 Å². The molecule has 0 aliphatic heterocycles. The van der Waals surface area contributed by atoms with Crippen molar-refractivity contribution in [1.29, 1.82) is 0 Å². The maximum atomic E-state index is 12.8. The van der Waals surface area contributed by atoms with Crippen molar-refractivity contribution in [2.24, 2.45) is 0 Å². The Bertz CT molecular complexity index is 938. The first kappa shape index (κ1) is 23.4. The van der Waals surface area contributed by atoms with E-state index in [0.29, 0.717) is 17.9 Å². The quantitative estimate of drug-likeness (QED) is 0.299. The molecule has 0 unspecified atom stereocenters. The SMILES string of the molecule is CCCCCCCOc1ccc(NC(=O)c2ccccc2OCCc2ccccc2)cc1. The van der Waals surface area contributed by atoms with E-state index in [0.717, 1.165) is 30.9 Å². The minimum atomic E-state index is -0.190. The number of carbonyl (C=O) groups excluding carboxylic acids is 1. The summed E-state index contributed by atoms with van der Waals surface area (Å²) in [5.74, 6) is 1.22. The molecule has 0 spiro atoms. The van der Waals surface area contributed by atoms with Crippen LogP contribution in [0, 0.1) is 0 Å². The van der Waals surface area contributed by atoms with E-state index >= 15 is 0 Å². The molecule has 0 aliphatic rings. The summed E-state index contributed by atoms with van der Waals surface area (Å²) in [4.78, 5) is 12.8. The number of carbonyl (C=O) groups is 1. The van der Waals surface area contributed by atoms with Gasteiger partial charge in [-0.3, -0.25) is 4.79 Å². The number of rotatable bonds is 13. The Morgan fingerprint density at radius 3 is 2.25 bits per heavy atom. The molecule has 32 heavy (non-hydrogen) atoms. The predicted octanol–water partition coefficient (Wildman–Crippen LogP) is 6.91. The summed E-state index contributed by atoms with van der Waals surface area (Å²) >= 11 is 0. The highest BCUT2D eigenvalue weighted by Crippen LogP contribution is 2.22. The van der Waals surface area contributed by atoms with Crippen LogP contribution in [0.2, 0.25) is 0 Å². The fraction of sp³-hybridized carbons (Fsp3) is 0.321. The Hall–Kier alpha value is -3.27. The van der Waals surface area contributed by atoms with Crippen molar-refractivity contribution < 1.29 is 14.3 Å². The summed E-state index contributed by atoms with van der Waals surface area (Å²) in [6.45, 7) is 3.45. The average molecular weight is 432 g/mol. The fourth-order valence-corrected chi connectivity index (χ4v) is 3.43. The van der Waals surface area contributed by atoms with Gasteiger partial charge in [0.05, 0.1) is 18.8 Å². The van der Waals surface area contributed by atoms with Crippen LogP contribution in [0.5, 0.6) is 11.5 Å². The summed E-state index contributed by atoms with van der Waals surface area (Å²) in [5.41, 5.74) is 2.45. The smallest absolute Gasteiger partial charge is 0.259 e. The Labute approximate surface area is 191 Å². The Morgan fingerprint density at radius 1 is 0.750 bits per heavy atom. The molecule has 0 fully saturated rings. The van der Waals surface area contributed by atoms with Gasteiger partial charge in [-0.15, -0.1) is 0 Å². The van der Waals surface area contributed by atoms with Crippen LogP contribution in [0.3, 0.4) is 0 Å². The van der Waals surface area contributed by atoms with Crippen molar-refractivity contribution in [3.63, 3.8) is 0 Å². The molecule has 0 saturated heterocycles. The van der Waals surface area contributed by atoms with Crippen molar-refractivity contribution in [3.8, 4) is 11.5 Å². The number of nitrogens with one attached hydrogen (secondary N) is 1. The largest absolute Gasteiger partial charge is 0.494 e. The van der Waals surface area contributed by atoms with Gasteiger partial charge < -0.3 is 14.8 Å². The molecule has 0 aromatic heterocycles. The van der Waals surface area contributed by atoms with E-state index in [1.165, 1.54) is 31.2 Å². The molecule has 168 valence electrons. The van der Waals surface area contributed by atoms with Gasteiger partial charge in [0.25, 0.3) is 5.91 Å². The number of para-hydroxylation sites is 1. The molecule has 0 atom stereocenters. The molecule has 3 aromatic carbocycles. The number of ether oxygens (including phenoxy) is 2. The van der Waals surface area contributed by atoms with E-state index in [1.54, 1.807) is 6.07 Å². The Balaban J connectivity index is 1.49.